The number of rotatable bonds is 5. The third-order valence-electron chi connectivity index (χ3n) is 4.25. The molecule has 0 aliphatic heterocycles. The minimum atomic E-state index is -0.720. The number of anilines is 1. The second-order valence-electron chi connectivity index (χ2n) is 6.29. The zero-order chi connectivity index (χ0) is 19.4. The fourth-order valence-electron chi connectivity index (χ4n) is 2.79. The molecule has 6 heteroatoms. The molecule has 1 amide bonds. The molecule has 0 aliphatic rings. The van der Waals surface area contributed by atoms with E-state index in [2.05, 4.69) is 10.4 Å². The normalized spacial score (nSPS) is 11.8. The molecule has 2 aromatic carbocycles. The minimum absolute atomic E-state index is 0.310. The summed E-state index contributed by atoms with van der Waals surface area (Å²) in [7, 11) is 0. The van der Waals surface area contributed by atoms with Crippen molar-refractivity contribution in [2.75, 3.05) is 5.32 Å². The highest BCUT2D eigenvalue weighted by atomic mass is 35.5. The van der Waals surface area contributed by atoms with E-state index in [1.807, 2.05) is 38.1 Å². The Kier molecular flexibility index (Phi) is 5.72. The molecule has 0 saturated heterocycles. The summed E-state index contributed by atoms with van der Waals surface area (Å²) < 4.78 is 1.25. The average molecular weight is 382 g/mol. The van der Waals surface area contributed by atoms with E-state index in [-0.39, 0.29) is 11.5 Å². The molecule has 0 saturated carbocycles. The summed E-state index contributed by atoms with van der Waals surface area (Å²) in [5, 5.41) is 7.77. The molecule has 0 spiro atoms. The number of aromatic nitrogens is 2. The van der Waals surface area contributed by atoms with Gasteiger partial charge in [-0.1, -0.05) is 54.4 Å². The molecule has 138 valence electrons. The van der Waals surface area contributed by atoms with Crippen molar-refractivity contribution >= 4 is 23.2 Å². The predicted octanol–water partition coefficient (Wildman–Crippen LogP) is 4.46. The van der Waals surface area contributed by atoms with Crippen LogP contribution in [0.4, 0.5) is 5.69 Å². The number of carbonyl (C=O) groups is 1. The Bertz CT molecular complexity index is 1010. The smallest absolute Gasteiger partial charge is 0.267 e. The summed E-state index contributed by atoms with van der Waals surface area (Å²) in [6.45, 7) is 3.85. The third kappa shape index (κ3) is 4.44. The van der Waals surface area contributed by atoms with Crippen LogP contribution in [0, 0.1) is 6.92 Å². The lowest BCUT2D eigenvalue weighted by Crippen LogP contribution is -2.34. The van der Waals surface area contributed by atoms with Crippen molar-refractivity contribution in [3.63, 3.8) is 0 Å². The van der Waals surface area contributed by atoms with Crippen LogP contribution in [0.2, 0.25) is 5.02 Å². The Hall–Kier alpha value is -2.92. The van der Waals surface area contributed by atoms with Gasteiger partial charge in [0.25, 0.3) is 5.56 Å². The van der Waals surface area contributed by atoms with Gasteiger partial charge in [-0.05, 0) is 37.6 Å². The molecule has 27 heavy (non-hydrogen) atoms. The van der Waals surface area contributed by atoms with E-state index in [0.29, 0.717) is 22.8 Å². The Morgan fingerprint density at radius 1 is 1.15 bits per heavy atom. The standard InChI is InChI=1S/C21H20ClN3O2/c1-3-19(21(27)23-17-6-4-5-16(22)13-17)25-20(26)12-11-18(24-25)15-9-7-14(2)8-10-15/h4-13,19H,3H2,1-2H3,(H,23,27)/t19-/m1/s1. The van der Waals surface area contributed by atoms with Crippen LogP contribution >= 0.6 is 11.6 Å². The van der Waals surface area contributed by atoms with Crippen LogP contribution in [0.5, 0.6) is 0 Å². The zero-order valence-electron chi connectivity index (χ0n) is 15.1. The molecule has 1 atom stereocenters. The second-order valence-corrected chi connectivity index (χ2v) is 6.73. The molecule has 0 aliphatic carbocycles. The predicted molar refractivity (Wildman–Crippen MR) is 108 cm³/mol. The topological polar surface area (TPSA) is 64.0 Å². The number of halogens is 1. The lowest BCUT2D eigenvalue weighted by atomic mass is 10.1. The highest BCUT2D eigenvalue weighted by Crippen LogP contribution is 2.20. The van der Waals surface area contributed by atoms with Gasteiger partial charge in [0.1, 0.15) is 6.04 Å². The molecule has 1 N–H and O–H groups in total. The Balaban J connectivity index is 1.92. The fraction of sp³-hybridized carbons (Fsp3) is 0.190. The van der Waals surface area contributed by atoms with E-state index in [4.69, 9.17) is 11.6 Å². The Labute approximate surface area is 162 Å². The summed E-state index contributed by atoms with van der Waals surface area (Å²) in [5.41, 5.74) is 2.93. The number of hydrogen-bond donors (Lipinski definition) is 1. The van der Waals surface area contributed by atoms with Crippen LogP contribution in [-0.2, 0) is 4.79 Å². The van der Waals surface area contributed by atoms with Crippen molar-refractivity contribution in [1.29, 1.82) is 0 Å². The zero-order valence-corrected chi connectivity index (χ0v) is 15.9. The molecule has 3 rings (SSSR count). The maximum Gasteiger partial charge on any atom is 0.267 e. The number of nitrogens with one attached hydrogen (secondary N) is 1. The van der Waals surface area contributed by atoms with Gasteiger partial charge in [0.2, 0.25) is 5.91 Å². The van der Waals surface area contributed by atoms with Crippen LogP contribution in [0.25, 0.3) is 11.3 Å². The van der Waals surface area contributed by atoms with Crippen LogP contribution < -0.4 is 10.9 Å². The molecule has 0 fully saturated rings. The van der Waals surface area contributed by atoms with Crippen molar-refractivity contribution in [3.8, 4) is 11.3 Å². The van der Waals surface area contributed by atoms with Crippen molar-refractivity contribution in [2.24, 2.45) is 0 Å². The summed E-state index contributed by atoms with van der Waals surface area (Å²) in [4.78, 5) is 25.1. The van der Waals surface area contributed by atoms with Crippen molar-refractivity contribution in [1.82, 2.24) is 9.78 Å². The molecule has 0 bridgehead atoms. The van der Waals surface area contributed by atoms with Crippen LogP contribution in [0.1, 0.15) is 24.9 Å². The van der Waals surface area contributed by atoms with E-state index >= 15 is 0 Å². The lowest BCUT2D eigenvalue weighted by Gasteiger charge is -2.17. The minimum Gasteiger partial charge on any atom is -0.324 e. The molecule has 5 nitrogen and oxygen atoms in total. The first-order valence-electron chi connectivity index (χ1n) is 8.71. The van der Waals surface area contributed by atoms with Gasteiger partial charge in [-0.15, -0.1) is 0 Å². The van der Waals surface area contributed by atoms with Gasteiger partial charge < -0.3 is 5.32 Å². The SMILES string of the molecule is CC[C@H](C(=O)Nc1cccc(Cl)c1)n1nc(-c2ccc(C)cc2)ccc1=O. The van der Waals surface area contributed by atoms with Crippen molar-refractivity contribution in [3.05, 3.63) is 81.6 Å². The lowest BCUT2D eigenvalue weighted by molar-refractivity contribution is -0.119. The van der Waals surface area contributed by atoms with Gasteiger partial charge in [-0.3, -0.25) is 9.59 Å². The van der Waals surface area contributed by atoms with Crippen LogP contribution in [-0.4, -0.2) is 15.7 Å². The van der Waals surface area contributed by atoms with Gasteiger partial charge in [0.05, 0.1) is 5.69 Å². The number of amides is 1. The van der Waals surface area contributed by atoms with E-state index in [9.17, 15) is 9.59 Å². The quantitative estimate of drug-likeness (QED) is 0.709. The van der Waals surface area contributed by atoms with Gasteiger partial charge in [-0.25, -0.2) is 4.68 Å². The maximum atomic E-state index is 12.7. The molecule has 1 aromatic heterocycles. The van der Waals surface area contributed by atoms with E-state index < -0.39 is 6.04 Å². The first-order chi connectivity index (χ1) is 13.0. The summed E-state index contributed by atoms with van der Waals surface area (Å²) in [6, 6.07) is 17.1. The average Bonchev–Trinajstić information content (AvgIpc) is 2.64. The number of benzene rings is 2. The fourth-order valence-corrected chi connectivity index (χ4v) is 2.98. The van der Waals surface area contributed by atoms with E-state index in [1.165, 1.54) is 10.7 Å². The highest BCUT2D eigenvalue weighted by Gasteiger charge is 2.21. The van der Waals surface area contributed by atoms with E-state index in [0.717, 1.165) is 11.1 Å². The first kappa shape index (κ1) is 18.9. The molecular weight excluding hydrogens is 362 g/mol. The Morgan fingerprint density at radius 2 is 1.89 bits per heavy atom. The largest absolute Gasteiger partial charge is 0.324 e. The summed E-state index contributed by atoms with van der Waals surface area (Å²) >= 11 is 5.96. The van der Waals surface area contributed by atoms with Gasteiger partial charge in [0.15, 0.2) is 0 Å². The molecule has 0 radical (unpaired) electrons. The number of aryl methyl sites for hydroxylation is 1. The highest BCUT2D eigenvalue weighted by molar-refractivity contribution is 6.30. The van der Waals surface area contributed by atoms with Crippen molar-refractivity contribution < 1.29 is 4.79 Å². The van der Waals surface area contributed by atoms with E-state index in [1.54, 1.807) is 30.3 Å². The number of hydrogen-bond acceptors (Lipinski definition) is 3. The molecule has 0 unspecified atom stereocenters. The summed E-state index contributed by atoms with van der Waals surface area (Å²) in [6.07, 6.45) is 0.427. The van der Waals surface area contributed by atoms with Crippen molar-refractivity contribution in [2.45, 2.75) is 26.3 Å². The second kappa shape index (κ2) is 8.18. The van der Waals surface area contributed by atoms with Gasteiger partial charge in [-0.2, -0.15) is 5.10 Å². The van der Waals surface area contributed by atoms with Crippen LogP contribution in [0.15, 0.2) is 65.5 Å². The molecule has 1 heterocycles. The molecule has 3 aromatic rings. The number of carbonyl (C=O) groups excluding carboxylic acids is 1. The summed E-state index contributed by atoms with van der Waals surface area (Å²) in [5.74, 6) is -0.310. The maximum absolute atomic E-state index is 12.7. The van der Waals surface area contributed by atoms with Gasteiger partial charge in [0, 0.05) is 22.3 Å². The first-order valence-corrected chi connectivity index (χ1v) is 9.09. The number of nitrogens with zero attached hydrogens (tertiary/aromatic N) is 2. The molecular formula is C21H20ClN3O2. The third-order valence-corrected chi connectivity index (χ3v) is 4.48. The van der Waals surface area contributed by atoms with Gasteiger partial charge >= 0.3 is 0 Å². The monoisotopic (exact) mass is 381 g/mol. The Morgan fingerprint density at radius 3 is 2.56 bits per heavy atom. The van der Waals surface area contributed by atoms with Crippen LogP contribution in [0.3, 0.4) is 0 Å².